The van der Waals surface area contributed by atoms with Gasteiger partial charge in [-0.2, -0.15) is 0 Å². The Hall–Kier alpha value is -4.02. The normalized spacial score (nSPS) is 9.62. The maximum atomic E-state index is 9.77. The van der Waals surface area contributed by atoms with E-state index in [1.165, 1.54) is 0 Å². The second kappa shape index (κ2) is 12.6. The Kier molecular flexibility index (Phi) is 11.0. The third-order valence-corrected chi connectivity index (χ3v) is 4.51. The van der Waals surface area contributed by atoms with E-state index in [1.54, 1.807) is 0 Å². The Morgan fingerprint density at radius 1 is 0.719 bits per heavy atom. The Morgan fingerprint density at radius 3 is 1.41 bits per heavy atom. The highest BCUT2D eigenvalue weighted by Gasteiger charge is 2.12. The third-order valence-electron chi connectivity index (χ3n) is 4.51. The summed E-state index contributed by atoms with van der Waals surface area (Å²) in [6, 6.07) is 15.9. The molecule has 172 valence electrons. The number of hydrogen-bond donors (Lipinski definition) is 4. The minimum Gasteiger partial charge on any atom is -0.550 e. The number of amidine groups is 2. The first-order valence-electron chi connectivity index (χ1n) is 9.32. The molecule has 0 aromatic heterocycles. The van der Waals surface area contributed by atoms with Crippen LogP contribution in [0.15, 0.2) is 48.5 Å². The highest BCUT2D eigenvalue weighted by Crippen LogP contribution is 2.27. The molecule has 10 nitrogen and oxygen atoms in total. The number of carboxylic acid groups (broad SMARTS) is 2. The Balaban J connectivity index is 0.000000695. The van der Waals surface area contributed by atoms with Crippen LogP contribution >= 0.6 is 0 Å². The highest BCUT2D eigenvalue weighted by molar-refractivity contribution is 6.14. The Labute approximate surface area is 184 Å². The number of fused-ring (bicyclic) bond motifs is 2. The van der Waals surface area contributed by atoms with E-state index in [4.69, 9.17) is 22.3 Å². The molecular formula is C22H28N4O6. The Bertz CT molecular complexity index is 1050. The van der Waals surface area contributed by atoms with Crippen molar-refractivity contribution in [1.29, 1.82) is 0 Å². The standard InChI is InChI=1S/C16H14N4.C6H10O4.2H2O/c17-15(18)11-5-1-3-9-7-10-4-2-6-12(16(19)20)14(10)8-13(9)11;7-5(8)3-1-2-4-6(9)10;;/h1-8H,(H3,17,18)(H3,19,20);1-4H2,(H,7,8)(H,9,10);2*1H2. The maximum Gasteiger partial charge on any atom is 0.271 e. The van der Waals surface area contributed by atoms with Crippen molar-refractivity contribution in [2.75, 3.05) is 0 Å². The third kappa shape index (κ3) is 7.35. The first kappa shape index (κ1) is 28.0. The predicted molar refractivity (Wildman–Crippen MR) is 118 cm³/mol. The lowest BCUT2D eigenvalue weighted by molar-refractivity contribution is -0.308. The van der Waals surface area contributed by atoms with Gasteiger partial charge in [-0.3, -0.25) is 22.3 Å². The lowest BCUT2D eigenvalue weighted by Gasteiger charge is -2.07. The zero-order valence-corrected chi connectivity index (χ0v) is 17.4. The number of rotatable bonds is 7. The number of benzene rings is 3. The van der Waals surface area contributed by atoms with Crippen molar-refractivity contribution in [1.82, 2.24) is 0 Å². The summed E-state index contributed by atoms with van der Waals surface area (Å²) in [5, 5.41) is 35.2. The molecule has 0 unspecified atom stereocenters. The molecule has 0 saturated heterocycles. The van der Waals surface area contributed by atoms with Gasteiger partial charge in [-0.05, 0) is 71.5 Å². The molecule has 0 amide bonds. The van der Waals surface area contributed by atoms with Gasteiger partial charge in [-0.25, -0.2) is 0 Å². The zero-order valence-electron chi connectivity index (χ0n) is 17.4. The van der Waals surface area contributed by atoms with Gasteiger partial charge in [0.05, 0.1) is 11.1 Å². The van der Waals surface area contributed by atoms with E-state index in [-0.39, 0.29) is 23.8 Å². The lowest BCUT2D eigenvalue weighted by atomic mass is 9.96. The second-order valence-corrected chi connectivity index (χ2v) is 6.77. The molecule has 3 rings (SSSR count). The Morgan fingerprint density at radius 2 is 1.09 bits per heavy atom. The smallest absolute Gasteiger partial charge is 0.271 e. The number of hydrogen-bond acceptors (Lipinski definition) is 4. The number of carboxylic acids is 2. The van der Waals surface area contributed by atoms with Crippen LogP contribution in [0.25, 0.3) is 21.5 Å². The molecule has 10 heteroatoms. The molecule has 0 aliphatic heterocycles. The molecule has 3 aromatic rings. The van der Waals surface area contributed by atoms with Crippen LogP contribution < -0.4 is 32.5 Å². The summed E-state index contributed by atoms with van der Waals surface area (Å²) in [5.41, 5.74) is 13.2. The van der Waals surface area contributed by atoms with Crippen molar-refractivity contribution in [3.8, 4) is 0 Å². The minimum absolute atomic E-state index is 0. The van der Waals surface area contributed by atoms with Crippen LogP contribution in [0.3, 0.4) is 0 Å². The van der Waals surface area contributed by atoms with E-state index in [0.29, 0.717) is 24.5 Å². The van der Waals surface area contributed by atoms with E-state index in [2.05, 4.69) is 6.07 Å². The first-order valence-corrected chi connectivity index (χ1v) is 9.32. The SMILES string of the molecule is NC(=[NH2+])c1cccc2cc3cccc(C(N)=[NH2+])c3cc12.O.O.O=C([O-])CCCCC(=O)[O-]. The van der Waals surface area contributed by atoms with Crippen LogP contribution in [0.1, 0.15) is 36.8 Å². The molecule has 0 heterocycles. The highest BCUT2D eigenvalue weighted by atomic mass is 16.4. The topological polar surface area (TPSA) is 246 Å². The molecule has 0 spiro atoms. The summed E-state index contributed by atoms with van der Waals surface area (Å²) in [6.45, 7) is 0. The van der Waals surface area contributed by atoms with Crippen LogP contribution in [0.4, 0.5) is 0 Å². The number of nitrogens with two attached hydrogens (primary N) is 4. The fraction of sp³-hybridized carbons (Fsp3) is 0.182. The molecule has 0 aliphatic carbocycles. The molecular weight excluding hydrogens is 416 g/mol. The van der Waals surface area contributed by atoms with Crippen molar-refractivity contribution in [2.45, 2.75) is 25.7 Å². The molecule has 0 fully saturated rings. The molecule has 0 bridgehead atoms. The molecule has 0 saturated carbocycles. The number of carbonyl (C=O) groups is 2. The second-order valence-electron chi connectivity index (χ2n) is 6.77. The van der Waals surface area contributed by atoms with Crippen LogP contribution in [0, 0.1) is 0 Å². The summed E-state index contributed by atoms with van der Waals surface area (Å²) in [4.78, 5) is 19.5. The van der Waals surface area contributed by atoms with Gasteiger partial charge in [0.15, 0.2) is 0 Å². The van der Waals surface area contributed by atoms with Crippen LogP contribution in [-0.2, 0) is 9.59 Å². The van der Waals surface area contributed by atoms with Crippen molar-refractivity contribution in [3.05, 3.63) is 59.7 Å². The largest absolute Gasteiger partial charge is 0.550 e. The number of carbonyl (C=O) groups excluding carboxylic acids is 2. The fourth-order valence-corrected chi connectivity index (χ4v) is 3.09. The summed E-state index contributed by atoms with van der Waals surface area (Å²) in [6.07, 6.45) is 0.535. The average molecular weight is 444 g/mol. The van der Waals surface area contributed by atoms with Gasteiger partial charge in [-0.15, -0.1) is 0 Å². The summed E-state index contributed by atoms with van der Waals surface area (Å²) < 4.78 is 0. The molecule has 32 heavy (non-hydrogen) atoms. The van der Waals surface area contributed by atoms with Crippen LogP contribution in [0.2, 0.25) is 0 Å². The molecule has 12 N–H and O–H groups in total. The van der Waals surface area contributed by atoms with Gasteiger partial charge in [-0.1, -0.05) is 24.3 Å². The van der Waals surface area contributed by atoms with E-state index >= 15 is 0 Å². The quantitative estimate of drug-likeness (QED) is 0.120. The van der Waals surface area contributed by atoms with E-state index in [1.807, 2.05) is 42.5 Å². The minimum atomic E-state index is -1.14. The summed E-state index contributed by atoms with van der Waals surface area (Å²) in [5.74, 6) is -1.68. The molecule has 0 aliphatic rings. The number of unbranched alkanes of at least 4 members (excludes halogenated alkanes) is 1. The van der Waals surface area contributed by atoms with Crippen molar-refractivity contribution in [2.24, 2.45) is 11.5 Å². The van der Waals surface area contributed by atoms with E-state index in [0.717, 1.165) is 32.7 Å². The van der Waals surface area contributed by atoms with E-state index < -0.39 is 11.9 Å². The molecule has 0 atom stereocenters. The first-order chi connectivity index (χ1) is 14.2. The van der Waals surface area contributed by atoms with E-state index in [9.17, 15) is 19.8 Å². The van der Waals surface area contributed by atoms with Gasteiger partial charge in [0.25, 0.3) is 11.7 Å². The van der Waals surface area contributed by atoms with Crippen LogP contribution in [0.5, 0.6) is 0 Å². The van der Waals surface area contributed by atoms with Crippen LogP contribution in [-0.4, -0.2) is 34.6 Å². The van der Waals surface area contributed by atoms with Gasteiger partial charge in [0, 0.05) is 11.9 Å². The summed E-state index contributed by atoms with van der Waals surface area (Å²) >= 11 is 0. The van der Waals surface area contributed by atoms with Crippen molar-refractivity contribution < 1.29 is 41.6 Å². The van der Waals surface area contributed by atoms with Crippen molar-refractivity contribution >= 4 is 45.2 Å². The monoisotopic (exact) mass is 444 g/mol. The van der Waals surface area contributed by atoms with Gasteiger partial charge in [0.1, 0.15) is 0 Å². The summed E-state index contributed by atoms with van der Waals surface area (Å²) in [7, 11) is 0. The molecule has 3 aromatic carbocycles. The predicted octanol–water partition coefficient (Wildman–Crippen LogP) is -4.68. The van der Waals surface area contributed by atoms with Gasteiger partial charge in [0.2, 0.25) is 0 Å². The lowest BCUT2D eigenvalue weighted by Crippen LogP contribution is -2.46. The number of aliphatic carboxylic acids is 2. The van der Waals surface area contributed by atoms with Gasteiger partial charge >= 0.3 is 0 Å². The fourth-order valence-electron chi connectivity index (χ4n) is 3.09. The van der Waals surface area contributed by atoms with Crippen molar-refractivity contribution in [3.63, 3.8) is 0 Å². The zero-order chi connectivity index (χ0) is 22.3. The van der Waals surface area contributed by atoms with Gasteiger partial charge < -0.3 is 30.8 Å². The average Bonchev–Trinajstić information content (AvgIpc) is 2.68. The maximum absolute atomic E-state index is 9.77. The molecule has 0 radical (unpaired) electrons.